The predicted octanol–water partition coefficient (Wildman–Crippen LogP) is 4.45. The molecule has 1 nitrogen and oxygen atoms in total. The molecule has 0 aliphatic carbocycles. The zero-order valence-corrected chi connectivity index (χ0v) is 9.56. The molecule has 1 unspecified atom stereocenters. The molecule has 0 rings (SSSR count). The summed E-state index contributed by atoms with van der Waals surface area (Å²) in [6.45, 7) is 2.07. The van der Waals surface area contributed by atoms with Crippen molar-refractivity contribution < 1.29 is 4.57 Å². The van der Waals surface area contributed by atoms with Crippen molar-refractivity contribution in [3.05, 3.63) is 0 Å². The van der Waals surface area contributed by atoms with Crippen LogP contribution in [0.5, 0.6) is 0 Å². The van der Waals surface area contributed by atoms with Crippen LogP contribution in [0.1, 0.15) is 26.2 Å². The van der Waals surface area contributed by atoms with Crippen molar-refractivity contribution in [3.8, 4) is 0 Å². The standard InChI is InChI=1S/C6H12Cl3OP/c1-2-3-4-6(7)5-11(8,9)10/h6H,2-5H2,1H3. The lowest BCUT2D eigenvalue weighted by Gasteiger charge is -2.07. The lowest BCUT2D eigenvalue weighted by molar-refractivity contribution is 0.589. The molecule has 0 aliphatic rings. The van der Waals surface area contributed by atoms with E-state index in [1.165, 1.54) is 0 Å². The minimum Gasteiger partial charge on any atom is -0.289 e. The van der Waals surface area contributed by atoms with E-state index in [4.69, 9.17) is 34.1 Å². The lowest BCUT2D eigenvalue weighted by Crippen LogP contribution is -2.01. The molecule has 0 radical (unpaired) electrons. The highest BCUT2D eigenvalue weighted by molar-refractivity contribution is 8.08. The van der Waals surface area contributed by atoms with Crippen molar-refractivity contribution in [1.82, 2.24) is 0 Å². The Hall–Kier alpha value is 1.10. The Morgan fingerprint density at radius 1 is 1.45 bits per heavy atom. The Morgan fingerprint density at radius 2 is 2.00 bits per heavy atom. The summed E-state index contributed by atoms with van der Waals surface area (Å²) in [5, 5.41) is -0.143. The summed E-state index contributed by atoms with van der Waals surface area (Å²) in [4.78, 5) is 0. The molecule has 0 saturated carbocycles. The van der Waals surface area contributed by atoms with Gasteiger partial charge in [-0.3, -0.25) is 4.57 Å². The Bertz CT molecular complexity index is 145. The van der Waals surface area contributed by atoms with Gasteiger partial charge in [-0.15, -0.1) is 11.6 Å². The first-order valence-corrected chi connectivity index (χ1v) is 7.72. The van der Waals surface area contributed by atoms with Crippen molar-refractivity contribution in [2.75, 3.05) is 6.16 Å². The van der Waals surface area contributed by atoms with Gasteiger partial charge in [0.25, 0.3) is 5.85 Å². The molecule has 0 saturated heterocycles. The van der Waals surface area contributed by atoms with E-state index < -0.39 is 5.85 Å². The van der Waals surface area contributed by atoms with Crippen LogP contribution in [-0.2, 0) is 4.57 Å². The Labute approximate surface area is 82.3 Å². The van der Waals surface area contributed by atoms with Crippen LogP contribution in [0.15, 0.2) is 0 Å². The van der Waals surface area contributed by atoms with Crippen LogP contribution in [0.2, 0.25) is 0 Å². The van der Waals surface area contributed by atoms with Gasteiger partial charge in [0.05, 0.1) is 0 Å². The summed E-state index contributed by atoms with van der Waals surface area (Å²) in [7, 11) is 0. The van der Waals surface area contributed by atoms with Gasteiger partial charge in [0, 0.05) is 11.5 Å². The van der Waals surface area contributed by atoms with Gasteiger partial charge < -0.3 is 0 Å². The Morgan fingerprint density at radius 3 is 2.36 bits per heavy atom. The smallest absolute Gasteiger partial charge is 0.254 e. The van der Waals surface area contributed by atoms with Crippen LogP contribution in [-0.4, -0.2) is 11.5 Å². The molecule has 0 fully saturated rings. The average molecular weight is 237 g/mol. The number of alkyl halides is 1. The number of unbranched alkanes of at least 4 members (excludes halogenated alkanes) is 1. The molecule has 0 aromatic carbocycles. The minimum absolute atomic E-state index is 0.143. The number of halogens is 3. The van der Waals surface area contributed by atoms with Crippen LogP contribution >= 0.6 is 39.9 Å². The number of rotatable bonds is 5. The molecule has 0 spiro atoms. The quantitative estimate of drug-likeness (QED) is 0.510. The van der Waals surface area contributed by atoms with Gasteiger partial charge in [-0.2, -0.15) is 0 Å². The monoisotopic (exact) mass is 236 g/mol. The van der Waals surface area contributed by atoms with E-state index >= 15 is 0 Å². The van der Waals surface area contributed by atoms with E-state index in [2.05, 4.69) is 6.92 Å². The molecule has 0 aromatic rings. The van der Waals surface area contributed by atoms with Crippen molar-refractivity contribution >= 4 is 39.9 Å². The second-order valence-corrected chi connectivity index (χ2v) is 8.41. The molecule has 0 bridgehead atoms. The lowest BCUT2D eigenvalue weighted by atomic mass is 10.2. The molecule has 11 heavy (non-hydrogen) atoms. The topological polar surface area (TPSA) is 17.1 Å². The predicted molar refractivity (Wildman–Crippen MR) is 53.3 cm³/mol. The van der Waals surface area contributed by atoms with Gasteiger partial charge in [0.1, 0.15) is 0 Å². The number of hydrogen-bond acceptors (Lipinski definition) is 1. The van der Waals surface area contributed by atoms with Crippen molar-refractivity contribution in [3.63, 3.8) is 0 Å². The zero-order valence-electron chi connectivity index (χ0n) is 6.40. The highest BCUT2D eigenvalue weighted by Gasteiger charge is 2.19. The van der Waals surface area contributed by atoms with E-state index in [1.54, 1.807) is 0 Å². The second kappa shape index (κ2) is 5.70. The van der Waals surface area contributed by atoms with Crippen molar-refractivity contribution in [1.29, 1.82) is 0 Å². The van der Waals surface area contributed by atoms with Gasteiger partial charge in [-0.05, 0) is 28.9 Å². The molecular weight excluding hydrogens is 225 g/mol. The molecule has 0 aliphatic heterocycles. The molecule has 0 N–H and O–H groups in total. The van der Waals surface area contributed by atoms with E-state index in [1.807, 2.05) is 0 Å². The van der Waals surface area contributed by atoms with Crippen molar-refractivity contribution in [2.24, 2.45) is 0 Å². The highest BCUT2D eigenvalue weighted by atomic mass is 35.9. The van der Waals surface area contributed by atoms with Crippen LogP contribution in [0.25, 0.3) is 0 Å². The third kappa shape index (κ3) is 9.01. The van der Waals surface area contributed by atoms with Gasteiger partial charge in [-0.25, -0.2) is 0 Å². The molecule has 0 heterocycles. The third-order valence-corrected chi connectivity index (χ3v) is 3.56. The van der Waals surface area contributed by atoms with Gasteiger partial charge in [0.15, 0.2) is 0 Å². The maximum atomic E-state index is 10.8. The van der Waals surface area contributed by atoms with Crippen molar-refractivity contribution in [2.45, 2.75) is 31.6 Å². The molecular formula is C6H12Cl3OP. The molecule has 0 aromatic heterocycles. The minimum atomic E-state index is -2.95. The summed E-state index contributed by atoms with van der Waals surface area (Å²) in [6, 6.07) is 0. The fourth-order valence-electron chi connectivity index (χ4n) is 0.748. The maximum Gasteiger partial charge on any atom is 0.254 e. The Kier molecular flexibility index (Phi) is 6.26. The van der Waals surface area contributed by atoms with Gasteiger partial charge in [-0.1, -0.05) is 19.8 Å². The van der Waals surface area contributed by atoms with E-state index in [0.717, 1.165) is 19.3 Å². The fourth-order valence-corrected chi connectivity index (χ4v) is 3.55. The zero-order chi connectivity index (χ0) is 8.91. The van der Waals surface area contributed by atoms with Crippen LogP contribution in [0.3, 0.4) is 0 Å². The SMILES string of the molecule is CCCCC(Cl)CP(=O)(Cl)Cl. The molecule has 1 atom stereocenters. The average Bonchev–Trinajstić information content (AvgIpc) is 1.79. The van der Waals surface area contributed by atoms with E-state index in [-0.39, 0.29) is 11.5 Å². The third-order valence-electron chi connectivity index (χ3n) is 1.28. The first kappa shape index (κ1) is 12.1. The second-order valence-electron chi connectivity index (χ2n) is 2.49. The maximum absolute atomic E-state index is 10.8. The van der Waals surface area contributed by atoms with Crippen LogP contribution in [0, 0.1) is 0 Å². The largest absolute Gasteiger partial charge is 0.289 e. The van der Waals surface area contributed by atoms with Crippen LogP contribution in [0.4, 0.5) is 0 Å². The van der Waals surface area contributed by atoms with Crippen LogP contribution < -0.4 is 0 Å². The normalized spacial score (nSPS) is 14.9. The Balaban J connectivity index is 3.52. The summed E-state index contributed by atoms with van der Waals surface area (Å²) >= 11 is 16.5. The summed E-state index contributed by atoms with van der Waals surface area (Å²) in [5.41, 5.74) is 0. The molecule has 5 heteroatoms. The summed E-state index contributed by atoms with van der Waals surface area (Å²) in [6.07, 6.45) is 3.17. The molecule has 0 amide bonds. The van der Waals surface area contributed by atoms with Gasteiger partial charge in [0.2, 0.25) is 0 Å². The fraction of sp³-hybridized carbons (Fsp3) is 1.00. The first-order valence-electron chi connectivity index (χ1n) is 3.58. The summed E-state index contributed by atoms with van der Waals surface area (Å²) in [5.74, 6) is -2.95. The molecule has 68 valence electrons. The van der Waals surface area contributed by atoms with Gasteiger partial charge >= 0.3 is 0 Å². The number of hydrogen-bond donors (Lipinski definition) is 0. The summed E-state index contributed by atoms with van der Waals surface area (Å²) < 4.78 is 10.8. The van der Waals surface area contributed by atoms with E-state index in [9.17, 15) is 4.57 Å². The highest BCUT2D eigenvalue weighted by Crippen LogP contribution is 2.57. The first-order chi connectivity index (χ1) is 4.95. The van der Waals surface area contributed by atoms with E-state index in [0.29, 0.717) is 0 Å².